The lowest BCUT2D eigenvalue weighted by atomic mass is 9.93. The van der Waals surface area contributed by atoms with Crippen molar-refractivity contribution in [2.75, 3.05) is 16.4 Å². The number of aliphatic hydroxyl groups excluding tert-OH is 1. The van der Waals surface area contributed by atoms with Gasteiger partial charge in [0.25, 0.3) is 0 Å². The third-order valence-corrected chi connectivity index (χ3v) is 7.69. The third kappa shape index (κ3) is 5.74. The molecule has 6 rings (SSSR count). The second kappa shape index (κ2) is 10.7. The molecule has 1 fully saturated rings. The maximum atomic E-state index is 9.88. The highest BCUT2D eigenvalue weighted by Crippen LogP contribution is 2.32. The molecule has 5 N–H and O–H groups in total. The fourth-order valence-corrected chi connectivity index (χ4v) is 5.72. The Hall–Kier alpha value is -4.08. The van der Waals surface area contributed by atoms with Gasteiger partial charge in [-0.05, 0) is 55.0 Å². The number of benzene rings is 2. The summed E-state index contributed by atoms with van der Waals surface area (Å²) in [7, 11) is 0. The molecule has 0 spiro atoms. The topological polar surface area (TPSA) is 122 Å². The molecule has 8 nitrogen and oxygen atoms in total. The van der Waals surface area contributed by atoms with E-state index in [1.54, 1.807) is 17.5 Å². The molecule has 3 heterocycles. The molecule has 9 heteroatoms. The molecular formula is C29H29N7OS. The molecule has 38 heavy (non-hydrogen) atoms. The molecule has 3 aromatic heterocycles. The van der Waals surface area contributed by atoms with E-state index in [0.717, 1.165) is 57.9 Å². The van der Waals surface area contributed by atoms with E-state index in [1.807, 2.05) is 48.7 Å². The summed E-state index contributed by atoms with van der Waals surface area (Å²) in [6, 6.07) is 20.6. The van der Waals surface area contributed by atoms with E-state index in [9.17, 15) is 5.11 Å². The summed E-state index contributed by atoms with van der Waals surface area (Å²) in [6.07, 6.45) is 7.36. The number of anilines is 4. The molecule has 0 unspecified atom stereocenters. The summed E-state index contributed by atoms with van der Waals surface area (Å²) in [5.41, 5.74) is 11.6. The zero-order valence-corrected chi connectivity index (χ0v) is 21.7. The first-order chi connectivity index (χ1) is 18.6. The Bertz CT molecular complexity index is 1550. The predicted octanol–water partition coefficient (Wildman–Crippen LogP) is 5.78. The van der Waals surface area contributed by atoms with Gasteiger partial charge in [-0.15, -0.1) is 0 Å². The van der Waals surface area contributed by atoms with Crippen LogP contribution in [0.15, 0.2) is 73.1 Å². The highest BCUT2D eigenvalue weighted by molar-refractivity contribution is 7.22. The summed E-state index contributed by atoms with van der Waals surface area (Å²) >= 11 is 1.57. The number of hydrogen-bond acceptors (Lipinski definition) is 9. The monoisotopic (exact) mass is 523 g/mol. The smallest absolute Gasteiger partial charge is 0.225 e. The number of fused-ring (bicyclic) bond motifs is 1. The lowest BCUT2D eigenvalue weighted by Gasteiger charge is -2.26. The fourth-order valence-electron chi connectivity index (χ4n) is 4.81. The molecule has 0 radical (unpaired) electrons. The number of rotatable bonds is 7. The van der Waals surface area contributed by atoms with Crippen molar-refractivity contribution in [3.8, 4) is 11.1 Å². The number of aliphatic hydroxyl groups is 1. The molecule has 0 saturated heterocycles. The van der Waals surface area contributed by atoms with Gasteiger partial charge in [-0.3, -0.25) is 4.98 Å². The SMILES string of the molecule is Nc1cncc(-c2ccc3nc(Nc4cc(Cc5ccccc5)nc(NC5CCC(O)CC5)n4)sc3c2)c1. The molecular weight excluding hydrogens is 494 g/mol. The lowest BCUT2D eigenvalue weighted by molar-refractivity contribution is 0.126. The van der Waals surface area contributed by atoms with Crippen LogP contribution in [0.2, 0.25) is 0 Å². The van der Waals surface area contributed by atoms with Crippen molar-refractivity contribution < 1.29 is 5.11 Å². The molecule has 192 valence electrons. The van der Waals surface area contributed by atoms with Crippen LogP contribution >= 0.6 is 11.3 Å². The normalized spacial score (nSPS) is 17.4. The van der Waals surface area contributed by atoms with Crippen molar-refractivity contribution in [3.05, 3.63) is 84.3 Å². The Labute approximate surface area is 225 Å². The second-order valence-electron chi connectivity index (χ2n) is 9.71. The molecule has 5 aromatic rings. The quantitative estimate of drug-likeness (QED) is 0.212. The molecule has 1 saturated carbocycles. The van der Waals surface area contributed by atoms with Crippen molar-refractivity contribution in [2.45, 2.75) is 44.2 Å². The average molecular weight is 524 g/mol. The first-order valence-corrected chi connectivity index (χ1v) is 13.6. The van der Waals surface area contributed by atoms with Crippen LogP contribution in [0, 0.1) is 0 Å². The van der Waals surface area contributed by atoms with Crippen LogP contribution in [0.1, 0.15) is 36.9 Å². The number of thiazole rings is 1. The van der Waals surface area contributed by atoms with Gasteiger partial charge < -0.3 is 21.5 Å². The van der Waals surface area contributed by atoms with Crippen molar-refractivity contribution in [2.24, 2.45) is 0 Å². The lowest BCUT2D eigenvalue weighted by Crippen LogP contribution is -2.29. The Balaban J connectivity index is 1.27. The molecule has 0 amide bonds. The van der Waals surface area contributed by atoms with Gasteiger partial charge in [0.15, 0.2) is 5.13 Å². The van der Waals surface area contributed by atoms with Gasteiger partial charge in [0.2, 0.25) is 5.95 Å². The summed E-state index contributed by atoms with van der Waals surface area (Å²) in [5, 5.41) is 17.6. The van der Waals surface area contributed by atoms with Crippen LogP contribution < -0.4 is 16.4 Å². The highest BCUT2D eigenvalue weighted by atomic mass is 32.1. The molecule has 1 aliphatic carbocycles. The van der Waals surface area contributed by atoms with Crippen LogP contribution in [0.25, 0.3) is 21.3 Å². The van der Waals surface area contributed by atoms with Crippen LogP contribution in [0.5, 0.6) is 0 Å². The average Bonchev–Trinajstić information content (AvgIpc) is 3.32. The molecule has 2 aromatic carbocycles. The van der Waals surface area contributed by atoms with Crippen LogP contribution in [0.4, 0.5) is 22.6 Å². The van der Waals surface area contributed by atoms with E-state index in [2.05, 4.69) is 33.8 Å². The van der Waals surface area contributed by atoms with Gasteiger partial charge in [-0.25, -0.2) is 9.97 Å². The van der Waals surface area contributed by atoms with Crippen LogP contribution in [-0.2, 0) is 6.42 Å². The minimum atomic E-state index is -0.203. The van der Waals surface area contributed by atoms with E-state index in [1.165, 1.54) is 5.56 Å². The summed E-state index contributed by atoms with van der Waals surface area (Å²) in [5.74, 6) is 1.29. The maximum Gasteiger partial charge on any atom is 0.225 e. The summed E-state index contributed by atoms with van der Waals surface area (Å²) in [4.78, 5) is 18.6. The molecule has 0 atom stereocenters. The minimum Gasteiger partial charge on any atom is -0.397 e. The number of nitrogens with two attached hydrogens (primary N) is 1. The first-order valence-electron chi connectivity index (χ1n) is 12.8. The van der Waals surface area contributed by atoms with Crippen molar-refractivity contribution in [1.82, 2.24) is 19.9 Å². The third-order valence-electron chi connectivity index (χ3n) is 6.75. The van der Waals surface area contributed by atoms with Crippen molar-refractivity contribution in [1.29, 1.82) is 0 Å². The van der Waals surface area contributed by atoms with Gasteiger partial charge in [-0.2, -0.15) is 4.98 Å². The largest absolute Gasteiger partial charge is 0.397 e. The fraction of sp³-hybridized carbons (Fsp3) is 0.241. The van der Waals surface area contributed by atoms with E-state index < -0.39 is 0 Å². The van der Waals surface area contributed by atoms with E-state index >= 15 is 0 Å². The van der Waals surface area contributed by atoms with Gasteiger partial charge in [-0.1, -0.05) is 47.7 Å². The Morgan fingerprint density at radius 2 is 1.74 bits per heavy atom. The number of nitrogens with zero attached hydrogens (tertiary/aromatic N) is 4. The molecule has 0 bridgehead atoms. The van der Waals surface area contributed by atoms with Gasteiger partial charge >= 0.3 is 0 Å². The number of pyridine rings is 1. The second-order valence-corrected chi connectivity index (χ2v) is 10.7. The molecule has 0 aliphatic heterocycles. The maximum absolute atomic E-state index is 9.88. The van der Waals surface area contributed by atoms with E-state index in [0.29, 0.717) is 23.9 Å². The number of aromatic nitrogens is 4. The Morgan fingerprint density at radius 1 is 0.895 bits per heavy atom. The van der Waals surface area contributed by atoms with Crippen LogP contribution in [-0.4, -0.2) is 37.2 Å². The zero-order valence-electron chi connectivity index (χ0n) is 20.8. The van der Waals surface area contributed by atoms with Crippen LogP contribution in [0.3, 0.4) is 0 Å². The summed E-state index contributed by atoms with van der Waals surface area (Å²) in [6.45, 7) is 0. The number of nitrogen functional groups attached to an aromatic ring is 1. The number of hydrogen-bond donors (Lipinski definition) is 4. The van der Waals surface area contributed by atoms with Crippen molar-refractivity contribution in [3.63, 3.8) is 0 Å². The van der Waals surface area contributed by atoms with E-state index in [-0.39, 0.29) is 12.1 Å². The standard InChI is InChI=1S/C29H29N7OS/c30-21-13-20(16-31-17-21)19-6-11-25-26(14-19)38-29(34-25)36-27-15-23(12-18-4-2-1-3-5-18)33-28(35-27)32-22-7-9-24(37)10-8-22/h1-6,11,13-17,22,24,37H,7-10,12,30H2,(H2,32,33,34,35,36). The predicted molar refractivity (Wildman–Crippen MR) is 154 cm³/mol. The number of nitrogens with one attached hydrogen (secondary N) is 2. The summed E-state index contributed by atoms with van der Waals surface area (Å²) < 4.78 is 1.06. The van der Waals surface area contributed by atoms with E-state index in [4.69, 9.17) is 20.7 Å². The van der Waals surface area contributed by atoms with Gasteiger partial charge in [0, 0.05) is 36.5 Å². The highest BCUT2D eigenvalue weighted by Gasteiger charge is 2.20. The van der Waals surface area contributed by atoms with Gasteiger partial charge in [0.05, 0.1) is 27.7 Å². The van der Waals surface area contributed by atoms with Crippen molar-refractivity contribution >= 4 is 44.1 Å². The Kier molecular flexibility index (Phi) is 6.85. The van der Waals surface area contributed by atoms with Gasteiger partial charge in [0.1, 0.15) is 5.82 Å². The Morgan fingerprint density at radius 3 is 2.55 bits per heavy atom. The molecule has 1 aliphatic rings. The zero-order chi connectivity index (χ0) is 25.9. The minimum absolute atomic E-state index is 0.203. The first kappa shape index (κ1) is 24.3.